The van der Waals surface area contributed by atoms with Gasteiger partial charge >= 0.3 is 0 Å². The fourth-order valence-electron chi connectivity index (χ4n) is 1.55. The fraction of sp³-hybridized carbons (Fsp3) is 0.231. The van der Waals surface area contributed by atoms with E-state index in [1.54, 1.807) is 48.5 Å². The van der Waals surface area contributed by atoms with Gasteiger partial charge in [0, 0.05) is 18.3 Å². The molecule has 18 heavy (non-hydrogen) atoms. The van der Waals surface area contributed by atoms with Gasteiger partial charge < -0.3 is 10.1 Å². The van der Waals surface area contributed by atoms with Crippen molar-refractivity contribution in [3.05, 3.63) is 42.2 Å². The zero-order chi connectivity index (χ0) is 13.0. The summed E-state index contributed by atoms with van der Waals surface area (Å²) in [5.74, 6) is 0.568. The van der Waals surface area contributed by atoms with E-state index in [0.717, 1.165) is 12.3 Å². The molecular formula is C13H15N3O2. The van der Waals surface area contributed by atoms with Crippen LogP contribution in [0.15, 0.2) is 36.7 Å². The van der Waals surface area contributed by atoms with Crippen LogP contribution in [0.4, 0.5) is 5.69 Å². The molecule has 0 atom stereocenters. The molecule has 0 saturated carbocycles. The Balaban J connectivity index is 2.06. The molecule has 0 fully saturated rings. The zero-order valence-electron chi connectivity index (χ0n) is 10.4. The first-order valence-electron chi connectivity index (χ1n) is 5.70. The highest BCUT2D eigenvalue weighted by Crippen LogP contribution is 2.13. The van der Waals surface area contributed by atoms with Crippen LogP contribution in [-0.4, -0.2) is 22.8 Å². The Hall–Kier alpha value is -2.30. The highest BCUT2D eigenvalue weighted by molar-refractivity contribution is 6.04. The maximum absolute atomic E-state index is 11.9. The van der Waals surface area contributed by atoms with Gasteiger partial charge in [0.2, 0.25) is 0 Å². The maximum Gasteiger partial charge on any atom is 0.255 e. The number of ether oxygens (including phenoxy) is 1. The molecular weight excluding hydrogens is 230 g/mol. The Bertz CT molecular complexity index is 531. The fourth-order valence-corrected chi connectivity index (χ4v) is 1.55. The normalized spacial score (nSPS) is 10.1. The first-order chi connectivity index (χ1) is 8.72. The zero-order valence-corrected chi connectivity index (χ0v) is 10.4. The minimum Gasteiger partial charge on any atom is -0.497 e. The van der Waals surface area contributed by atoms with Crippen molar-refractivity contribution in [2.24, 2.45) is 0 Å². The second-order valence-corrected chi connectivity index (χ2v) is 3.77. The van der Waals surface area contributed by atoms with E-state index in [1.807, 2.05) is 6.92 Å². The van der Waals surface area contributed by atoms with Gasteiger partial charge in [-0.1, -0.05) is 0 Å². The molecule has 0 unspecified atom stereocenters. The predicted octanol–water partition coefficient (Wildman–Crippen LogP) is 2.16. The van der Waals surface area contributed by atoms with Crippen molar-refractivity contribution in [3.8, 4) is 5.75 Å². The molecule has 5 nitrogen and oxygen atoms in total. The molecule has 0 aliphatic rings. The van der Waals surface area contributed by atoms with Crippen LogP contribution in [-0.2, 0) is 6.54 Å². The van der Waals surface area contributed by atoms with Crippen LogP contribution in [0.1, 0.15) is 17.3 Å². The lowest BCUT2D eigenvalue weighted by Crippen LogP contribution is -2.11. The number of hydrogen-bond donors (Lipinski definition) is 1. The third-order valence-electron chi connectivity index (χ3n) is 2.57. The number of nitrogens with zero attached hydrogens (tertiary/aromatic N) is 2. The van der Waals surface area contributed by atoms with Crippen LogP contribution in [0.25, 0.3) is 0 Å². The summed E-state index contributed by atoms with van der Waals surface area (Å²) in [6.07, 6.45) is 3.42. The first kappa shape index (κ1) is 12.2. The van der Waals surface area contributed by atoms with Gasteiger partial charge in [0.05, 0.1) is 19.0 Å². The molecule has 0 saturated heterocycles. The summed E-state index contributed by atoms with van der Waals surface area (Å²) in [6.45, 7) is 2.76. The lowest BCUT2D eigenvalue weighted by molar-refractivity contribution is 0.102. The van der Waals surface area contributed by atoms with Crippen LogP contribution >= 0.6 is 0 Å². The lowest BCUT2D eigenvalue weighted by atomic mass is 10.2. The van der Waals surface area contributed by atoms with Crippen molar-refractivity contribution in [2.75, 3.05) is 12.4 Å². The predicted molar refractivity (Wildman–Crippen MR) is 68.8 cm³/mol. The minimum absolute atomic E-state index is 0.159. The molecule has 1 N–H and O–H groups in total. The number of aryl methyl sites for hydroxylation is 1. The molecule has 2 aromatic rings. The topological polar surface area (TPSA) is 56.2 Å². The summed E-state index contributed by atoms with van der Waals surface area (Å²) in [5, 5.41) is 6.88. The van der Waals surface area contributed by atoms with Gasteiger partial charge in [0.25, 0.3) is 5.91 Å². The molecule has 0 spiro atoms. The summed E-state index contributed by atoms with van der Waals surface area (Å²) in [6, 6.07) is 6.95. The molecule has 0 bridgehead atoms. The Morgan fingerprint density at radius 1 is 1.39 bits per heavy atom. The number of amides is 1. The Labute approximate surface area is 105 Å². The van der Waals surface area contributed by atoms with E-state index < -0.39 is 0 Å². The standard InChI is InChI=1S/C13H15N3O2/c1-3-16-9-11(8-14-16)15-13(17)10-4-6-12(18-2)7-5-10/h4-9H,3H2,1-2H3,(H,15,17). The number of anilines is 1. The van der Waals surface area contributed by atoms with Gasteiger partial charge in [-0.05, 0) is 31.2 Å². The number of rotatable bonds is 4. The van der Waals surface area contributed by atoms with Gasteiger partial charge in [-0.15, -0.1) is 0 Å². The second-order valence-electron chi connectivity index (χ2n) is 3.77. The van der Waals surface area contributed by atoms with Crippen molar-refractivity contribution in [1.82, 2.24) is 9.78 Å². The molecule has 5 heteroatoms. The highest BCUT2D eigenvalue weighted by atomic mass is 16.5. The van der Waals surface area contributed by atoms with E-state index >= 15 is 0 Å². The summed E-state index contributed by atoms with van der Waals surface area (Å²) in [5.41, 5.74) is 1.28. The van der Waals surface area contributed by atoms with Crippen molar-refractivity contribution in [2.45, 2.75) is 13.5 Å². The summed E-state index contributed by atoms with van der Waals surface area (Å²) in [7, 11) is 1.59. The van der Waals surface area contributed by atoms with E-state index in [1.165, 1.54) is 0 Å². The maximum atomic E-state index is 11.9. The first-order valence-corrected chi connectivity index (χ1v) is 5.70. The van der Waals surface area contributed by atoms with Crippen LogP contribution in [0.2, 0.25) is 0 Å². The van der Waals surface area contributed by atoms with Crippen molar-refractivity contribution >= 4 is 11.6 Å². The van der Waals surface area contributed by atoms with Crippen molar-refractivity contribution in [1.29, 1.82) is 0 Å². The van der Waals surface area contributed by atoms with Gasteiger partial charge in [-0.3, -0.25) is 9.48 Å². The Morgan fingerprint density at radius 2 is 2.11 bits per heavy atom. The molecule has 1 aromatic heterocycles. The Morgan fingerprint density at radius 3 is 2.67 bits per heavy atom. The lowest BCUT2D eigenvalue weighted by Gasteiger charge is -2.03. The number of aromatic nitrogens is 2. The molecule has 0 radical (unpaired) electrons. The van der Waals surface area contributed by atoms with E-state index in [0.29, 0.717) is 11.3 Å². The molecule has 0 aliphatic heterocycles. The summed E-state index contributed by atoms with van der Waals surface area (Å²) >= 11 is 0. The van der Waals surface area contributed by atoms with Crippen molar-refractivity contribution < 1.29 is 9.53 Å². The third-order valence-corrected chi connectivity index (χ3v) is 2.57. The number of carbonyl (C=O) groups is 1. The molecule has 2 rings (SSSR count). The highest BCUT2D eigenvalue weighted by Gasteiger charge is 2.07. The summed E-state index contributed by atoms with van der Waals surface area (Å²) in [4.78, 5) is 11.9. The monoisotopic (exact) mass is 245 g/mol. The number of methoxy groups -OCH3 is 1. The number of nitrogens with one attached hydrogen (secondary N) is 1. The second kappa shape index (κ2) is 5.35. The van der Waals surface area contributed by atoms with Crippen LogP contribution in [0.3, 0.4) is 0 Å². The van der Waals surface area contributed by atoms with E-state index in [4.69, 9.17) is 4.74 Å². The summed E-state index contributed by atoms with van der Waals surface area (Å²) < 4.78 is 6.79. The largest absolute Gasteiger partial charge is 0.497 e. The van der Waals surface area contributed by atoms with Gasteiger partial charge in [-0.2, -0.15) is 5.10 Å². The minimum atomic E-state index is -0.159. The number of carbonyl (C=O) groups excluding carboxylic acids is 1. The van der Waals surface area contributed by atoms with Gasteiger partial charge in [0.15, 0.2) is 0 Å². The number of hydrogen-bond acceptors (Lipinski definition) is 3. The smallest absolute Gasteiger partial charge is 0.255 e. The number of benzene rings is 1. The van der Waals surface area contributed by atoms with Crippen LogP contribution in [0, 0.1) is 0 Å². The molecule has 94 valence electrons. The van der Waals surface area contributed by atoms with Crippen molar-refractivity contribution in [3.63, 3.8) is 0 Å². The molecule has 1 heterocycles. The van der Waals surface area contributed by atoms with Gasteiger partial charge in [0.1, 0.15) is 5.75 Å². The average Bonchev–Trinajstić information content (AvgIpc) is 2.86. The quantitative estimate of drug-likeness (QED) is 0.898. The van der Waals surface area contributed by atoms with E-state index in [-0.39, 0.29) is 5.91 Å². The van der Waals surface area contributed by atoms with Crippen LogP contribution < -0.4 is 10.1 Å². The van der Waals surface area contributed by atoms with E-state index in [2.05, 4.69) is 10.4 Å². The Kier molecular flexibility index (Phi) is 3.62. The molecule has 1 amide bonds. The SMILES string of the molecule is CCn1cc(NC(=O)c2ccc(OC)cc2)cn1. The average molecular weight is 245 g/mol. The molecule has 1 aromatic carbocycles. The molecule has 0 aliphatic carbocycles. The van der Waals surface area contributed by atoms with Gasteiger partial charge in [-0.25, -0.2) is 0 Å². The third kappa shape index (κ3) is 2.68. The van der Waals surface area contributed by atoms with Crippen LogP contribution in [0.5, 0.6) is 5.75 Å². The van der Waals surface area contributed by atoms with E-state index in [9.17, 15) is 4.79 Å².